The highest BCUT2D eigenvalue weighted by Crippen LogP contribution is 2.29. The highest BCUT2D eigenvalue weighted by atomic mass is 79.9. The van der Waals surface area contributed by atoms with Gasteiger partial charge in [-0.1, -0.05) is 51.5 Å². The van der Waals surface area contributed by atoms with Crippen LogP contribution in [0.3, 0.4) is 0 Å². The number of aromatic nitrogens is 2. The molecule has 1 aromatic heterocycles. The van der Waals surface area contributed by atoms with Gasteiger partial charge in [0.1, 0.15) is 0 Å². The van der Waals surface area contributed by atoms with Crippen molar-refractivity contribution in [3.63, 3.8) is 0 Å². The molecule has 1 heterocycles. The normalized spacial score (nSPS) is 12.2. The van der Waals surface area contributed by atoms with Crippen molar-refractivity contribution in [2.24, 2.45) is 0 Å². The lowest BCUT2D eigenvalue weighted by atomic mass is 10.0. The van der Waals surface area contributed by atoms with Crippen molar-refractivity contribution in [2.45, 2.75) is 31.2 Å². The van der Waals surface area contributed by atoms with E-state index in [-0.39, 0.29) is 11.0 Å². The number of nitrogens with zero attached hydrogens (tertiary/aromatic N) is 2. The van der Waals surface area contributed by atoms with Gasteiger partial charge in [0.25, 0.3) is 5.22 Å². The van der Waals surface area contributed by atoms with Crippen LogP contribution in [0.1, 0.15) is 28.4 Å². The van der Waals surface area contributed by atoms with E-state index in [4.69, 9.17) is 4.42 Å². The molecule has 0 radical (unpaired) electrons. The molecule has 2 aromatic carbocycles. The third-order valence-electron chi connectivity index (χ3n) is 3.78. The summed E-state index contributed by atoms with van der Waals surface area (Å²) in [5.41, 5.74) is 3.62. The average molecular weight is 417 g/mol. The summed E-state index contributed by atoms with van der Waals surface area (Å²) in [7, 11) is 0. The van der Waals surface area contributed by atoms with E-state index in [1.807, 2.05) is 63.2 Å². The lowest BCUT2D eigenvalue weighted by Gasteiger charge is -2.10. The van der Waals surface area contributed by atoms with Crippen molar-refractivity contribution >= 4 is 33.5 Å². The number of halogens is 1. The van der Waals surface area contributed by atoms with Crippen LogP contribution in [0.5, 0.6) is 0 Å². The number of ketones is 1. The van der Waals surface area contributed by atoms with Crippen molar-refractivity contribution in [3.8, 4) is 11.5 Å². The van der Waals surface area contributed by atoms with Gasteiger partial charge < -0.3 is 4.42 Å². The van der Waals surface area contributed by atoms with Crippen LogP contribution in [-0.2, 0) is 0 Å². The number of thioether (sulfide) groups is 1. The molecule has 0 aliphatic rings. The quantitative estimate of drug-likeness (QED) is 0.407. The molecular formula is C19H17BrN2O2S. The fourth-order valence-corrected chi connectivity index (χ4v) is 3.57. The molecule has 0 saturated carbocycles. The van der Waals surface area contributed by atoms with Crippen LogP contribution in [0.4, 0.5) is 0 Å². The van der Waals surface area contributed by atoms with Gasteiger partial charge in [-0.05, 0) is 50.6 Å². The summed E-state index contributed by atoms with van der Waals surface area (Å²) in [5.74, 6) is 0.503. The maximum atomic E-state index is 12.7. The van der Waals surface area contributed by atoms with Gasteiger partial charge in [0.15, 0.2) is 5.78 Å². The highest BCUT2D eigenvalue weighted by Gasteiger charge is 2.21. The summed E-state index contributed by atoms with van der Waals surface area (Å²) in [6, 6.07) is 13.5. The minimum Gasteiger partial charge on any atom is -0.411 e. The molecule has 4 nitrogen and oxygen atoms in total. The maximum Gasteiger partial charge on any atom is 0.277 e. The van der Waals surface area contributed by atoms with E-state index in [0.717, 1.165) is 26.7 Å². The van der Waals surface area contributed by atoms with Crippen LogP contribution in [0.2, 0.25) is 0 Å². The van der Waals surface area contributed by atoms with Gasteiger partial charge in [-0.2, -0.15) is 0 Å². The molecule has 3 aromatic rings. The molecule has 128 valence electrons. The first kappa shape index (κ1) is 17.9. The summed E-state index contributed by atoms with van der Waals surface area (Å²) < 4.78 is 6.64. The molecule has 0 unspecified atom stereocenters. The Labute approximate surface area is 159 Å². The van der Waals surface area contributed by atoms with Crippen LogP contribution in [-0.4, -0.2) is 21.2 Å². The van der Waals surface area contributed by atoms with Crippen molar-refractivity contribution in [1.82, 2.24) is 10.2 Å². The largest absolute Gasteiger partial charge is 0.411 e. The number of hydrogen-bond donors (Lipinski definition) is 0. The van der Waals surface area contributed by atoms with Crippen molar-refractivity contribution < 1.29 is 9.21 Å². The summed E-state index contributed by atoms with van der Waals surface area (Å²) in [6.45, 7) is 5.79. The van der Waals surface area contributed by atoms with Crippen LogP contribution in [0.25, 0.3) is 11.5 Å². The van der Waals surface area contributed by atoms with Crippen LogP contribution in [0.15, 0.2) is 56.6 Å². The van der Waals surface area contributed by atoms with Crippen molar-refractivity contribution in [3.05, 3.63) is 63.6 Å². The molecule has 25 heavy (non-hydrogen) atoms. The minimum atomic E-state index is -0.309. The minimum absolute atomic E-state index is 0.0633. The molecule has 0 saturated heterocycles. The van der Waals surface area contributed by atoms with E-state index < -0.39 is 0 Å². The second-order valence-corrected chi connectivity index (χ2v) is 8.03. The van der Waals surface area contributed by atoms with Crippen LogP contribution in [0, 0.1) is 13.8 Å². The molecule has 0 fully saturated rings. The zero-order valence-electron chi connectivity index (χ0n) is 14.1. The summed E-state index contributed by atoms with van der Waals surface area (Å²) in [5, 5.41) is 8.21. The Morgan fingerprint density at radius 3 is 2.72 bits per heavy atom. The lowest BCUT2D eigenvalue weighted by Crippen LogP contribution is -2.15. The Hall–Kier alpha value is -1.92. The number of rotatable bonds is 5. The summed E-state index contributed by atoms with van der Waals surface area (Å²) in [6.07, 6.45) is 0. The van der Waals surface area contributed by atoms with E-state index in [2.05, 4.69) is 26.1 Å². The Kier molecular flexibility index (Phi) is 5.39. The predicted octanol–water partition coefficient (Wildman–Crippen LogP) is 5.48. The third kappa shape index (κ3) is 4.19. The van der Waals surface area contributed by atoms with Crippen molar-refractivity contribution in [1.29, 1.82) is 0 Å². The van der Waals surface area contributed by atoms with E-state index in [0.29, 0.717) is 11.1 Å². The number of aryl methyl sites for hydroxylation is 2. The molecule has 0 aliphatic carbocycles. The van der Waals surface area contributed by atoms with Gasteiger partial charge in [0.2, 0.25) is 5.89 Å². The number of hydrogen-bond acceptors (Lipinski definition) is 5. The van der Waals surface area contributed by atoms with Crippen molar-refractivity contribution in [2.75, 3.05) is 0 Å². The number of carbonyl (C=O) groups is 1. The second-order valence-electron chi connectivity index (χ2n) is 5.83. The monoisotopic (exact) mass is 416 g/mol. The summed E-state index contributed by atoms with van der Waals surface area (Å²) >= 11 is 4.70. The maximum absolute atomic E-state index is 12.7. The van der Waals surface area contributed by atoms with Gasteiger partial charge in [-0.15, -0.1) is 10.2 Å². The first-order valence-corrected chi connectivity index (χ1v) is 9.49. The Balaban J connectivity index is 1.76. The highest BCUT2D eigenvalue weighted by molar-refractivity contribution is 9.10. The van der Waals surface area contributed by atoms with E-state index in [1.165, 1.54) is 11.8 Å². The molecule has 6 heteroatoms. The first-order chi connectivity index (χ1) is 11.9. The van der Waals surface area contributed by atoms with Gasteiger partial charge in [-0.25, -0.2) is 0 Å². The topological polar surface area (TPSA) is 56.0 Å². The van der Waals surface area contributed by atoms with Gasteiger partial charge in [0, 0.05) is 15.6 Å². The predicted molar refractivity (Wildman–Crippen MR) is 103 cm³/mol. The first-order valence-electron chi connectivity index (χ1n) is 7.81. The molecule has 1 atom stereocenters. The Bertz CT molecular complexity index is 923. The van der Waals surface area contributed by atoms with Gasteiger partial charge in [0.05, 0.1) is 5.25 Å². The standard InChI is InChI=1S/C19H17BrN2O2S/c1-11-7-8-12(2)16(9-11)17(23)13(3)25-19-22-21-18(24-19)14-5-4-6-15(20)10-14/h4-10,13H,1-3H3/t13-/m1/s1. The van der Waals surface area contributed by atoms with E-state index in [1.54, 1.807) is 0 Å². The molecule has 3 rings (SSSR count). The van der Waals surface area contributed by atoms with Crippen LogP contribution >= 0.6 is 27.7 Å². The smallest absolute Gasteiger partial charge is 0.277 e. The number of Topliss-reactive ketones (excluding diaryl/α,β-unsaturated/α-hetero) is 1. The molecule has 0 amide bonds. The van der Waals surface area contributed by atoms with Crippen LogP contribution < -0.4 is 0 Å². The molecule has 0 aliphatic heterocycles. The molecular weight excluding hydrogens is 400 g/mol. The SMILES string of the molecule is Cc1ccc(C)c(C(=O)[C@@H](C)Sc2nnc(-c3cccc(Br)c3)o2)c1. The summed E-state index contributed by atoms with van der Waals surface area (Å²) in [4.78, 5) is 12.7. The molecule has 0 bridgehead atoms. The molecule has 0 spiro atoms. The van der Waals surface area contributed by atoms with E-state index >= 15 is 0 Å². The van der Waals surface area contributed by atoms with Gasteiger partial charge in [-0.3, -0.25) is 4.79 Å². The Morgan fingerprint density at radius 2 is 1.96 bits per heavy atom. The Morgan fingerprint density at radius 1 is 1.16 bits per heavy atom. The fraction of sp³-hybridized carbons (Fsp3) is 0.211. The average Bonchev–Trinajstić information content (AvgIpc) is 3.05. The number of benzene rings is 2. The van der Waals surface area contributed by atoms with Gasteiger partial charge >= 0.3 is 0 Å². The zero-order valence-corrected chi connectivity index (χ0v) is 16.5. The third-order valence-corrected chi connectivity index (χ3v) is 5.21. The second kappa shape index (κ2) is 7.54. The molecule has 0 N–H and O–H groups in total. The van der Waals surface area contributed by atoms with E-state index in [9.17, 15) is 4.79 Å². The lowest BCUT2D eigenvalue weighted by molar-refractivity contribution is 0.0993. The fourth-order valence-electron chi connectivity index (χ4n) is 2.42. The number of carbonyl (C=O) groups excluding carboxylic acids is 1. The zero-order chi connectivity index (χ0) is 18.0.